The maximum Gasteiger partial charge on any atom is 0.252 e. The Bertz CT molecular complexity index is 1380. The van der Waals surface area contributed by atoms with Crippen molar-refractivity contribution in [3.05, 3.63) is 111 Å². The number of anilines is 1. The Kier molecular flexibility index (Phi) is 6.57. The van der Waals surface area contributed by atoms with Gasteiger partial charge in [-0.1, -0.05) is 53.5 Å². The van der Waals surface area contributed by atoms with Crippen LogP contribution in [-0.2, 0) is 17.8 Å². The van der Waals surface area contributed by atoms with Crippen LogP contribution in [0.25, 0.3) is 0 Å². The Labute approximate surface area is 213 Å². The summed E-state index contributed by atoms with van der Waals surface area (Å²) in [6.07, 6.45) is 3.82. The number of benzodiazepines with no additional fused rings is 1. The number of rotatable bonds is 6. The molecule has 1 aliphatic rings. The molecule has 1 amide bonds. The number of aromatic amines is 1. The third-order valence-electron chi connectivity index (χ3n) is 5.98. The highest BCUT2D eigenvalue weighted by Gasteiger charge is 2.33. The van der Waals surface area contributed by atoms with Crippen molar-refractivity contribution in [2.24, 2.45) is 4.99 Å². The molecule has 176 valence electrons. The summed E-state index contributed by atoms with van der Waals surface area (Å²) in [5.41, 5.74) is 4.74. The lowest BCUT2D eigenvalue weighted by Gasteiger charge is -2.26. The second kappa shape index (κ2) is 9.94. The van der Waals surface area contributed by atoms with E-state index < -0.39 is 6.04 Å². The number of carbonyl (C=O) groups excluding carboxylic acids is 1. The molecule has 1 unspecified atom stereocenters. The Morgan fingerprint density at radius 1 is 1.06 bits per heavy atom. The fourth-order valence-electron chi connectivity index (χ4n) is 4.20. The van der Waals surface area contributed by atoms with Crippen LogP contribution in [0.2, 0.25) is 10.0 Å². The van der Waals surface area contributed by atoms with E-state index in [0.29, 0.717) is 28.7 Å². The molecule has 1 aliphatic heterocycles. The molecule has 8 heteroatoms. The van der Waals surface area contributed by atoms with Crippen LogP contribution in [0, 0.1) is 0 Å². The van der Waals surface area contributed by atoms with Crippen LogP contribution in [0.4, 0.5) is 5.69 Å². The molecule has 4 aromatic rings. The monoisotopic (exact) mass is 504 g/mol. The van der Waals surface area contributed by atoms with Gasteiger partial charge in [-0.15, -0.1) is 0 Å². The smallest absolute Gasteiger partial charge is 0.252 e. The average Bonchev–Trinajstić information content (AvgIpc) is 3.38. The second-order valence-electron chi connectivity index (χ2n) is 8.21. The Morgan fingerprint density at radius 3 is 2.57 bits per heavy atom. The van der Waals surface area contributed by atoms with Crippen LogP contribution in [0.15, 0.2) is 84.1 Å². The number of hydrogen-bond acceptors (Lipinski definition) is 4. The third kappa shape index (κ3) is 4.81. The number of hydrogen-bond donors (Lipinski definition) is 1. The summed E-state index contributed by atoms with van der Waals surface area (Å²) < 4.78 is 5.28. The SMILES string of the molecule is COc1ccc(CN2C(=O)C(Cc3ccccc3Cl)N=C(c3cn[nH]c3)c3cc(Cl)ccc32)cc1. The number of halogens is 2. The number of aliphatic imine (C=N–C) groups is 1. The van der Waals surface area contributed by atoms with E-state index in [1.807, 2.05) is 60.7 Å². The molecule has 0 radical (unpaired) electrons. The first-order valence-electron chi connectivity index (χ1n) is 11.1. The van der Waals surface area contributed by atoms with Crippen LogP contribution >= 0.6 is 23.2 Å². The Morgan fingerprint density at radius 2 is 1.86 bits per heavy atom. The van der Waals surface area contributed by atoms with E-state index in [9.17, 15) is 4.79 Å². The third-order valence-corrected chi connectivity index (χ3v) is 6.59. The van der Waals surface area contributed by atoms with Gasteiger partial charge in [0.1, 0.15) is 11.8 Å². The van der Waals surface area contributed by atoms with Gasteiger partial charge in [-0.2, -0.15) is 5.10 Å². The molecule has 0 saturated carbocycles. The molecule has 35 heavy (non-hydrogen) atoms. The number of ether oxygens (including phenoxy) is 1. The van der Waals surface area contributed by atoms with Crippen molar-refractivity contribution in [2.75, 3.05) is 12.0 Å². The van der Waals surface area contributed by atoms with Gasteiger partial charge in [0.2, 0.25) is 0 Å². The van der Waals surface area contributed by atoms with Gasteiger partial charge >= 0.3 is 0 Å². The van der Waals surface area contributed by atoms with Gasteiger partial charge in [-0.25, -0.2) is 0 Å². The average molecular weight is 505 g/mol. The predicted molar refractivity (Wildman–Crippen MR) is 139 cm³/mol. The molecular weight excluding hydrogens is 483 g/mol. The van der Waals surface area contributed by atoms with Crippen LogP contribution in [0.5, 0.6) is 5.75 Å². The first-order chi connectivity index (χ1) is 17.0. The first kappa shape index (κ1) is 23.1. The van der Waals surface area contributed by atoms with Crippen molar-refractivity contribution in [3.8, 4) is 5.75 Å². The van der Waals surface area contributed by atoms with Gasteiger partial charge in [-0.05, 0) is 47.5 Å². The summed E-state index contributed by atoms with van der Waals surface area (Å²) in [5, 5.41) is 8.10. The van der Waals surface area contributed by atoms with Crippen LogP contribution in [0.1, 0.15) is 22.3 Å². The minimum atomic E-state index is -0.691. The summed E-state index contributed by atoms with van der Waals surface area (Å²) in [5.74, 6) is 0.633. The molecule has 0 spiro atoms. The summed E-state index contributed by atoms with van der Waals surface area (Å²) >= 11 is 12.9. The van der Waals surface area contributed by atoms with E-state index in [1.54, 1.807) is 30.5 Å². The van der Waals surface area contributed by atoms with Gasteiger partial charge in [0, 0.05) is 33.8 Å². The normalized spacial score (nSPS) is 15.4. The number of H-pyrrole nitrogens is 1. The van der Waals surface area contributed by atoms with Gasteiger partial charge in [-0.3, -0.25) is 14.9 Å². The number of amides is 1. The molecule has 2 heterocycles. The molecule has 3 aromatic carbocycles. The number of benzene rings is 3. The number of carbonyl (C=O) groups is 1. The topological polar surface area (TPSA) is 70.6 Å². The van der Waals surface area contributed by atoms with Crippen molar-refractivity contribution >= 4 is 40.5 Å². The van der Waals surface area contributed by atoms with Gasteiger partial charge in [0.25, 0.3) is 5.91 Å². The standard InChI is InChI=1S/C27H22Cl2N4O2/c1-35-21-9-6-17(7-10-21)16-33-25-11-8-20(28)13-22(25)26(19-14-30-31-15-19)32-24(27(33)34)12-18-4-2-3-5-23(18)29/h2-11,13-15,24H,12,16H2,1H3,(H,30,31). The maximum absolute atomic E-state index is 14.0. The molecule has 0 fully saturated rings. The quantitative estimate of drug-likeness (QED) is 0.365. The highest BCUT2D eigenvalue weighted by Crippen LogP contribution is 2.33. The first-order valence-corrected chi connectivity index (χ1v) is 11.8. The molecule has 6 nitrogen and oxygen atoms in total. The molecule has 1 atom stereocenters. The lowest BCUT2D eigenvalue weighted by atomic mass is 10.0. The van der Waals surface area contributed by atoms with E-state index >= 15 is 0 Å². The Hall–Kier alpha value is -3.61. The highest BCUT2D eigenvalue weighted by molar-refractivity contribution is 6.32. The second-order valence-corrected chi connectivity index (χ2v) is 9.05. The van der Waals surface area contributed by atoms with E-state index in [0.717, 1.165) is 33.7 Å². The van der Waals surface area contributed by atoms with Crippen LogP contribution < -0.4 is 9.64 Å². The minimum absolute atomic E-state index is 0.122. The van der Waals surface area contributed by atoms with Gasteiger partial charge in [0.15, 0.2) is 0 Å². The zero-order valence-corrected chi connectivity index (χ0v) is 20.4. The number of methoxy groups -OCH3 is 1. The number of nitrogens with zero attached hydrogens (tertiary/aromatic N) is 3. The zero-order chi connectivity index (χ0) is 24.4. The maximum atomic E-state index is 14.0. The van der Waals surface area contributed by atoms with Crippen LogP contribution in [-0.4, -0.2) is 35.0 Å². The number of aromatic nitrogens is 2. The van der Waals surface area contributed by atoms with Crippen molar-refractivity contribution in [1.29, 1.82) is 0 Å². The largest absolute Gasteiger partial charge is 0.497 e. The van der Waals surface area contributed by atoms with Crippen LogP contribution in [0.3, 0.4) is 0 Å². The fraction of sp³-hybridized carbons (Fsp3) is 0.148. The van der Waals surface area contributed by atoms with Gasteiger partial charge < -0.3 is 9.64 Å². The predicted octanol–water partition coefficient (Wildman–Crippen LogP) is 5.72. The van der Waals surface area contributed by atoms with Crippen molar-refractivity contribution in [3.63, 3.8) is 0 Å². The molecule has 0 bridgehead atoms. The van der Waals surface area contributed by atoms with E-state index in [2.05, 4.69) is 10.2 Å². The molecule has 5 rings (SSSR count). The molecule has 0 aliphatic carbocycles. The minimum Gasteiger partial charge on any atom is -0.497 e. The van der Waals surface area contributed by atoms with Crippen molar-refractivity contribution in [2.45, 2.75) is 19.0 Å². The molecular formula is C27H22Cl2N4O2. The molecule has 0 saturated heterocycles. The summed E-state index contributed by atoms with van der Waals surface area (Å²) in [6.45, 7) is 0.366. The summed E-state index contributed by atoms with van der Waals surface area (Å²) in [6, 6.07) is 20.0. The summed E-state index contributed by atoms with van der Waals surface area (Å²) in [7, 11) is 1.63. The number of fused-ring (bicyclic) bond motifs is 1. The molecule has 1 N–H and O–H groups in total. The summed E-state index contributed by atoms with van der Waals surface area (Å²) in [4.78, 5) is 20.8. The molecule has 1 aromatic heterocycles. The fourth-order valence-corrected chi connectivity index (χ4v) is 4.59. The lowest BCUT2D eigenvalue weighted by molar-refractivity contribution is -0.119. The number of nitrogens with one attached hydrogen (secondary N) is 1. The van der Waals surface area contributed by atoms with Crippen molar-refractivity contribution in [1.82, 2.24) is 10.2 Å². The highest BCUT2D eigenvalue weighted by atomic mass is 35.5. The van der Waals surface area contributed by atoms with Gasteiger partial charge in [0.05, 0.1) is 31.3 Å². The van der Waals surface area contributed by atoms with E-state index in [1.165, 1.54) is 0 Å². The van der Waals surface area contributed by atoms with E-state index in [-0.39, 0.29) is 5.91 Å². The van der Waals surface area contributed by atoms with E-state index in [4.69, 9.17) is 32.9 Å². The Balaban J connectivity index is 1.63. The zero-order valence-electron chi connectivity index (χ0n) is 18.9. The lowest BCUT2D eigenvalue weighted by Crippen LogP contribution is -2.38. The van der Waals surface area contributed by atoms with Crippen molar-refractivity contribution < 1.29 is 9.53 Å².